The number of aromatic nitrogens is 1. The summed E-state index contributed by atoms with van der Waals surface area (Å²) >= 11 is 1.76. The molecule has 154 valence electrons. The molecule has 0 saturated carbocycles. The molecule has 0 aliphatic carbocycles. The minimum Gasteiger partial charge on any atom is -0.497 e. The number of hydrogen-bond acceptors (Lipinski definition) is 5. The average Bonchev–Trinajstić information content (AvgIpc) is 3.19. The summed E-state index contributed by atoms with van der Waals surface area (Å²) < 4.78 is 5.35. The van der Waals surface area contributed by atoms with Gasteiger partial charge in [0, 0.05) is 55.6 Å². The molecule has 2 heterocycles. The van der Waals surface area contributed by atoms with Crippen LogP contribution < -0.4 is 15.0 Å². The second-order valence-corrected chi connectivity index (χ2v) is 7.62. The van der Waals surface area contributed by atoms with Crippen molar-refractivity contribution in [3.05, 3.63) is 40.3 Å². The lowest BCUT2D eigenvalue weighted by Crippen LogP contribution is -2.52. The summed E-state index contributed by atoms with van der Waals surface area (Å²) in [5, 5.41) is 4.51. The molecular formula is C20H30IN5OS. The van der Waals surface area contributed by atoms with E-state index < -0.39 is 0 Å². The van der Waals surface area contributed by atoms with Crippen LogP contribution in [0.25, 0.3) is 0 Å². The number of nitrogens with one attached hydrogen (secondary N) is 1. The molecule has 0 amide bonds. The van der Waals surface area contributed by atoms with Crippen molar-refractivity contribution in [3.8, 4) is 5.75 Å². The van der Waals surface area contributed by atoms with Crippen LogP contribution in [0.15, 0.2) is 35.5 Å². The van der Waals surface area contributed by atoms with Crippen LogP contribution in [0.2, 0.25) is 0 Å². The third-order valence-electron chi connectivity index (χ3n) is 4.65. The van der Waals surface area contributed by atoms with Gasteiger partial charge < -0.3 is 19.9 Å². The normalized spacial score (nSPS) is 14.6. The first-order chi connectivity index (χ1) is 13.2. The number of halogens is 1. The van der Waals surface area contributed by atoms with Crippen LogP contribution in [-0.2, 0) is 13.0 Å². The fourth-order valence-electron chi connectivity index (χ4n) is 3.14. The van der Waals surface area contributed by atoms with Gasteiger partial charge in [-0.3, -0.25) is 0 Å². The van der Waals surface area contributed by atoms with Gasteiger partial charge in [0.25, 0.3) is 0 Å². The van der Waals surface area contributed by atoms with Crippen molar-refractivity contribution in [2.75, 3.05) is 44.7 Å². The molecule has 1 aliphatic rings. The zero-order chi connectivity index (χ0) is 19.1. The van der Waals surface area contributed by atoms with Crippen LogP contribution >= 0.6 is 35.3 Å². The Morgan fingerprint density at radius 1 is 1.25 bits per heavy atom. The topological polar surface area (TPSA) is 53.0 Å². The summed E-state index contributed by atoms with van der Waals surface area (Å²) in [4.78, 5) is 15.4. The molecule has 0 spiro atoms. The minimum absolute atomic E-state index is 0. The van der Waals surface area contributed by atoms with Crippen LogP contribution in [-0.4, -0.2) is 55.7 Å². The van der Waals surface area contributed by atoms with E-state index in [1.54, 1.807) is 18.4 Å². The summed E-state index contributed by atoms with van der Waals surface area (Å²) in [6.45, 7) is 9.61. The molecule has 28 heavy (non-hydrogen) atoms. The highest BCUT2D eigenvalue weighted by Crippen LogP contribution is 2.22. The lowest BCUT2D eigenvalue weighted by atomic mass is 10.2. The monoisotopic (exact) mass is 515 g/mol. The second kappa shape index (κ2) is 11.5. The van der Waals surface area contributed by atoms with E-state index in [1.165, 1.54) is 10.6 Å². The first-order valence-electron chi connectivity index (χ1n) is 9.59. The fraction of sp³-hybridized carbons (Fsp3) is 0.500. The van der Waals surface area contributed by atoms with Crippen molar-refractivity contribution >= 4 is 47.0 Å². The average molecular weight is 515 g/mol. The summed E-state index contributed by atoms with van der Waals surface area (Å²) in [5.74, 6) is 1.88. The zero-order valence-electron chi connectivity index (χ0n) is 16.9. The van der Waals surface area contributed by atoms with E-state index in [1.807, 2.05) is 18.3 Å². The Morgan fingerprint density at radius 3 is 2.68 bits per heavy atom. The highest BCUT2D eigenvalue weighted by molar-refractivity contribution is 14.0. The number of aryl methyl sites for hydroxylation is 1. The number of ether oxygens (including phenoxy) is 1. The molecular weight excluding hydrogens is 485 g/mol. The number of methoxy groups -OCH3 is 1. The molecule has 1 fully saturated rings. The van der Waals surface area contributed by atoms with Gasteiger partial charge in [0.15, 0.2) is 5.96 Å². The Labute approximate surface area is 189 Å². The molecule has 1 aliphatic heterocycles. The predicted molar refractivity (Wildman–Crippen MR) is 129 cm³/mol. The molecule has 1 aromatic carbocycles. The van der Waals surface area contributed by atoms with Crippen LogP contribution in [0.5, 0.6) is 5.75 Å². The SMILES string of the molecule is CCNC(=NCc1ncc(CC)s1)N1CCN(c2cccc(OC)c2)CC1.I. The van der Waals surface area contributed by atoms with Gasteiger partial charge in [0.05, 0.1) is 13.7 Å². The summed E-state index contributed by atoms with van der Waals surface area (Å²) in [6.07, 6.45) is 3.00. The molecule has 0 bridgehead atoms. The smallest absolute Gasteiger partial charge is 0.194 e. The molecule has 1 saturated heterocycles. The number of benzene rings is 1. The maximum Gasteiger partial charge on any atom is 0.194 e. The van der Waals surface area contributed by atoms with Crippen molar-refractivity contribution in [1.82, 2.24) is 15.2 Å². The summed E-state index contributed by atoms with van der Waals surface area (Å²) in [5.41, 5.74) is 1.21. The molecule has 1 N–H and O–H groups in total. The molecule has 0 atom stereocenters. The minimum atomic E-state index is 0. The van der Waals surface area contributed by atoms with Gasteiger partial charge in [0.1, 0.15) is 10.8 Å². The molecule has 1 aromatic heterocycles. The lowest BCUT2D eigenvalue weighted by molar-refractivity contribution is 0.372. The molecule has 2 aromatic rings. The number of rotatable bonds is 6. The highest BCUT2D eigenvalue weighted by Gasteiger charge is 2.20. The Bertz CT molecular complexity index is 759. The quantitative estimate of drug-likeness (QED) is 0.362. The Morgan fingerprint density at radius 2 is 2.04 bits per heavy atom. The van der Waals surface area contributed by atoms with Gasteiger partial charge in [-0.2, -0.15) is 0 Å². The summed E-state index contributed by atoms with van der Waals surface area (Å²) in [7, 11) is 1.71. The zero-order valence-corrected chi connectivity index (χ0v) is 20.0. The van der Waals surface area contributed by atoms with E-state index in [-0.39, 0.29) is 24.0 Å². The molecule has 0 radical (unpaired) electrons. The number of piperazine rings is 1. The van der Waals surface area contributed by atoms with E-state index >= 15 is 0 Å². The van der Waals surface area contributed by atoms with Crippen molar-refractivity contribution in [2.45, 2.75) is 26.8 Å². The molecule has 6 nitrogen and oxygen atoms in total. The van der Waals surface area contributed by atoms with E-state index in [9.17, 15) is 0 Å². The highest BCUT2D eigenvalue weighted by atomic mass is 127. The van der Waals surface area contributed by atoms with Crippen molar-refractivity contribution in [1.29, 1.82) is 0 Å². The number of anilines is 1. The van der Waals surface area contributed by atoms with Gasteiger partial charge in [-0.1, -0.05) is 13.0 Å². The van der Waals surface area contributed by atoms with Crippen LogP contribution in [0.3, 0.4) is 0 Å². The fourth-order valence-corrected chi connectivity index (χ4v) is 3.92. The Hall–Kier alpha value is -1.55. The van der Waals surface area contributed by atoms with Crippen LogP contribution in [0.4, 0.5) is 5.69 Å². The number of thiazole rings is 1. The number of guanidine groups is 1. The van der Waals surface area contributed by atoms with Gasteiger partial charge >= 0.3 is 0 Å². The number of hydrogen-bond donors (Lipinski definition) is 1. The van der Waals surface area contributed by atoms with E-state index in [4.69, 9.17) is 9.73 Å². The van der Waals surface area contributed by atoms with Crippen LogP contribution in [0, 0.1) is 0 Å². The van der Waals surface area contributed by atoms with E-state index in [0.29, 0.717) is 6.54 Å². The van der Waals surface area contributed by atoms with Crippen molar-refractivity contribution < 1.29 is 4.74 Å². The second-order valence-electron chi connectivity index (χ2n) is 6.42. The van der Waals surface area contributed by atoms with Gasteiger partial charge in [-0.15, -0.1) is 35.3 Å². The predicted octanol–water partition coefficient (Wildman–Crippen LogP) is 3.62. The van der Waals surface area contributed by atoms with E-state index in [0.717, 1.165) is 55.9 Å². The maximum atomic E-state index is 5.35. The standard InChI is InChI=1S/C20H29N5OS.HI/c1-4-18-14-22-19(27-18)15-23-20(21-5-2)25-11-9-24(10-12-25)16-7-6-8-17(13-16)26-3;/h6-8,13-14H,4-5,9-12,15H2,1-3H3,(H,21,23);1H. The van der Waals surface area contributed by atoms with Crippen molar-refractivity contribution in [3.63, 3.8) is 0 Å². The lowest BCUT2D eigenvalue weighted by Gasteiger charge is -2.37. The Balaban J connectivity index is 0.00000280. The van der Waals surface area contributed by atoms with E-state index in [2.05, 4.69) is 46.1 Å². The third-order valence-corrected chi connectivity index (χ3v) is 5.77. The van der Waals surface area contributed by atoms with Gasteiger partial charge in [-0.25, -0.2) is 9.98 Å². The molecule has 8 heteroatoms. The first-order valence-corrected chi connectivity index (χ1v) is 10.4. The van der Waals surface area contributed by atoms with Crippen molar-refractivity contribution in [2.24, 2.45) is 4.99 Å². The summed E-state index contributed by atoms with van der Waals surface area (Å²) in [6, 6.07) is 8.27. The first kappa shape index (κ1) is 22.7. The van der Waals surface area contributed by atoms with Gasteiger partial charge in [0.2, 0.25) is 0 Å². The molecule has 3 rings (SSSR count). The third kappa shape index (κ3) is 5.97. The van der Waals surface area contributed by atoms with Gasteiger partial charge in [-0.05, 0) is 25.5 Å². The maximum absolute atomic E-state index is 5.35. The van der Waals surface area contributed by atoms with Crippen LogP contribution in [0.1, 0.15) is 23.7 Å². The number of nitrogens with zero attached hydrogens (tertiary/aromatic N) is 4. The largest absolute Gasteiger partial charge is 0.497 e. The number of aliphatic imine (C=N–C) groups is 1. The Kier molecular flexibility index (Phi) is 9.30. The molecule has 0 unspecified atom stereocenters.